The SMILES string of the molecule is CC(C)n1c(CC[C@@H](O)C[C@@H](O)CC(=O)[O-])c(-c2ccc(F)cc2)c(-c2ccc(F)cc2)c1C(=O)Nc1cccc(C(=O)[O-])c1. The van der Waals surface area contributed by atoms with E-state index < -0.39 is 48.1 Å². The maximum atomic E-state index is 14.1. The highest BCUT2D eigenvalue weighted by molar-refractivity contribution is 6.11. The van der Waals surface area contributed by atoms with Crippen LogP contribution in [0.25, 0.3) is 22.3 Å². The molecule has 0 saturated heterocycles. The number of benzene rings is 3. The van der Waals surface area contributed by atoms with Crippen LogP contribution in [0, 0.1) is 11.6 Å². The molecule has 0 radical (unpaired) electrons. The number of nitrogens with zero attached hydrogens (tertiary/aromatic N) is 1. The molecule has 1 aromatic heterocycles. The molecule has 3 N–H and O–H groups in total. The van der Waals surface area contributed by atoms with Crippen molar-refractivity contribution < 1.29 is 43.6 Å². The van der Waals surface area contributed by atoms with E-state index in [9.17, 15) is 43.6 Å². The molecule has 1 amide bonds. The molecule has 0 aliphatic heterocycles. The number of amides is 1. The first kappa shape index (κ1) is 33.0. The van der Waals surface area contributed by atoms with Crippen LogP contribution in [0.5, 0.6) is 0 Å². The number of hydrogen-bond acceptors (Lipinski definition) is 7. The van der Waals surface area contributed by atoms with Gasteiger partial charge < -0.3 is 39.9 Å². The average molecular weight is 619 g/mol. The highest BCUT2D eigenvalue weighted by Gasteiger charge is 2.30. The van der Waals surface area contributed by atoms with E-state index in [0.717, 1.165) is 0 Å². The summed E-state index contributed by atoms with van der Waals surface area (Å²) in [6, 6.07) is 16.3. The third kappa shape index (κ3) is 8.00. The highest BCUT2D eigenvalue weighted by atomic mass is 19.1. The molecular formula is C34H32F2N2O7-2. The first-order valence-electron chi connectivity index (χ1n) is 14.3. The Morgan fingerprint density at radius 2 is 1.42 bits per heavy atom. The van der Waals surface area contributed by atoms with Gasteiger partial charge >= 0.3 is 0 Å². The molecular weight excluding hydrogens is 586 g/mol. The lowest BCUT2D eigenvalue weighted by Crippen LogP contribution is -2.29. The Morgan fingerprint density at radius 1 is 0.844 bits per heavy atom. The highest BCUT2D eigenvalue weighted by Crippen LogP contribution is 2.43. The predicted octanol–water partition coefficient (Wildman–Crippen LogP) is 3.48. The summed E-state index contributed by atoms with van der Waals surface area (Å²) in [6.07, 6.45) is -3.10. The molecule has 9 nitrogen and oxygen atoms in total. The van der Waals surface area contributed by atoms with Crippen molar-refractivity contribution in [1.82, 2.24) is 4.57 Å². The van der Waals surface area contributed by atoms with Gasteiger partial charge in [0.2, 0.25) is 0 Å². The van der Waals surface area contributed by atoms with Crippen LogP contribution in [-0.2, 0) is 11.2 Å². The third-order valence-corrected chi connectivity index (χ3v) is 7.32. The minimum Gasteiger partial charge on any atom is -0.550 e. The van der Waals surface area contributed by atoms with Gasteiger partial charge in [0.25, 0.3) is 5.91 Å². The monoisotopic (exact) mass is 618 g/mol. The number of aliphatic hydroxyl groups is 2. The number of aliphatic hydroxyl groups excluding tert-OH is 2. The van der Waals surface area contributed by atoms with E-state index in [0.29, 0.717) is 27.9 Å². The maximum absolute atomic E-state index is 14.1. The molecule has 0 unspecified atom stereocenters. The molecule has 3 aromatic carbocycles. The maximum Gasteiger partial charge on any atom is 0.272 e. The zero-order valence-electron chi connectivity index (χ0n) is 24.6. The minimum atomic E-state index is -1.45. The van der Waals surface area contributed by atoms with E-state index in [2.05, 4.69) is 5.32 Å². The second-order valence-corrected chi connectivity index (χ2v) is 11.0. The Morgan fingerprint density at radius 3 is 1.96 bits per heavy atom. The number of aliphatic carboxylic acids is 1. The molecule has 2 atom stereocenters. The second-order valence-electron chi connectivity index (χ2n) is 11.0. The molecule has 0 saturated carbocycles. The summed E-state index contributed by atoms with van der Waals surface area (Å²) in [5.74, 6) is -4.48. The predicted molar refractivity (Wildman–Crippen MR) is 159 cm³/mol. The van der Waals surface area contributed by atoms with Gasteiger partial charge in [-0.1, -0.05) is 36.4 Å². The summed E-state index contributed by atoms with van der Waals surface area (Å²) < 4.78 is 29.9. The quantitative estimate of drug-likeness (QED) is 0.207. The minimum absolute atomic E-state index is 0.0621. The van der Waals surface area contributed by atoms with E-state index in [1.807, 2.05) is 13.8 Å². The van der Waals surface area contributed by atoms with Crippen LogP contribution < -0.4 is 15.5 Å². The van der Waals surface area contributed by atoms with Crippen LogP contribution in [0.3, 0.4) is 0 Å². The molecule has 4 aromatic rings. The van der Waals surface area contributed by atoms with Gasteiger partial charge in [-0.3, -0.25) is 4.79 Å². The number of anilines is 1. The largest absolute Gasteiger partial charge is 0.550 e. The van der Waals surface area contributed by atoms with E-state index in [-0.39, 0.29) is 42.2 Å². The Labute approximate surface area is 258 Å². The fourth-order valence-electron chi connectivity index (χ4n) is 5.43. The summed E-state index contributed by atoms with van der Waals surface area (Å²) in [4.78, 5) is 36.5. The smallest absolute Gasteiger partial charge is 0.272 e. The molecule has 0 fully saturated rings. The van der Waals surface area contributed by atoms with Crippen molar-refractivity contribution in [3.8, 4) is 22.3 Å². The summed E-state index contributed by atoms with van der Waals surface area (Å²) >= 11 is 0. The Bertz CT molecular complexity index is 1680. The van der Waals surface area contributed by atoms with Crippen molar-refractivity contribution in [1.29, 1.82) is 0 Å². The van der Waals surface area contributed by atoms with Gasteiger partial charge in [-0.2, -0.15) is 0 Å². The number of halogens is 2. The number of carboxylic acids is 2. The Hall–Kier alpha value is -4.87. The van der Waals surface area contributed by atoms with E-state index in [4.69, 9.17) is 0 Å². The van der Waals surface area contributed by atoms with Crippen LogP contribution in [0.1, 0.15) is 65.7 Å². The van der Waals surface area contributed by atoms with Gasteiger partial charge in [-0.05, 0) is 86.2 Å². The second kappa shape index (κ2) is 14.3. The van der Waals surface area contributed by atoms with Crippen LogP contribution in [0.4, 0.5) is 14.5 Å². The lowest BCUT2D eigenvalue weighted by Gasteiger charge is -2.20. The number of nitrogens with one attached hydrogen (secondary N) is 1. The number of rotatable bonds is 13. The van der Waals surface area contributed by atoms with Crippen LogP contribution in [0.15, 0.2) is 72.8 Å². The van der Waals surface area contributed by atoms with Crippen molar-refractivity contribution in [2.24, 2.45) is 0 Å². The summed E-state index contributed by atoms with van der Waals surface area (Å²) in [7, 11) is 0. The van der Waals surface area contributed by atoms with Crippen LogP contribution in [0.2, 0.25) is 0 Å². The number of carbonyl (C=O) groups excluding carboxylic acids is 3. The molecule has 0 aliphatic rings. The molecule has 0 spiro atoms. The van der Waals surface area contributed by atoms with Gasteiger partial charge in [-0.15, -0.1) is 0 Å². The Balaban J connectivity index is 1.92. The normalized spacial score (nSPS) is 12.6. The summed E-state index contributed by atoms with van der Waals surface area (Å²) in [5.41, 5.74) is 2.67. The number of carbonyl (C=O) groups is 3. The van der Waals surface area contributed by atoms with E-state index in [1.165, 1.54) is 72.8 Å². The fourth-order valence-corrected chi connectivity index (χ4v) is 5.43. The molecule has 1 heterocycles. The first-order valence-corrected chi connectivity index (χ1v) is 14.3. The van der Waals surface area contributed by atoms with Gasteiger partial charge in [0.05, 0.1) is 18.2 Å². The van der Waals surface area contributed by atoms with Gasteiger partial charge in [0, 0.05) is 40.9 Å². The fraction of sp³-hybridized carbons (Fsp3) is 0.265. The number of aromatic carboxylic acids is 1. The van der Waals surface area contributed by atoms with Crippen LogP contribution in [-0.4, -0.2) is 44.8 Å². The standard InChI is InChI=1S/C34H34F2N2O7/c1-19(2)38-28(15-14-26(39)17-27(40)18-29(41)42)30(20-6-10-23(35)11-7-20)31(21-8-12-24(36)13-9-21)32(38)33(43)37-25-5-3-4-22(16-25)34(44)45/h3-13,16,19,26-27,39-40H,14-15,17-18H2,1-2H3,(H,37,43)(H,41,42)(H,44,45)/p-2/t26-,27-/m1/s1. The van der Waals surface area contributed by atoms with Crippen molar-refractivity contribution in [3.05, 3.63) is 101 Å². The first-order chi connectivity index (χ1) is 21.3. The zero-order chi connectivity index (χ0) is 32.8. The van der Waals surface area contributed by atoms with Crippen molar-refractivity contribution >= 4 is 23.5 Å². The molecule has 4 rings (SSSR count). The molecule has 0 bridgehead atoms. The molecule has 236 valence electrons. The number of aromatic nitrogens is 1. The van der Waals surface area contributed by atoms with Gasteiger partial charge in [0.15, 0.2) is 0 Å². The lowest BCUT2D eigenvalue weighted by molar-refractivity contribution is -0.307. The molecule has 45 heavy (non-hydrogen) atoms. The number of hydrogen-bond donors (Lipinski definition) is 3. The summed E-state index contributed by atoms with van der Waals surface area (Å²) in [5, 5.41) is 45.8. The van der Waals surface area contributed by atoms with Crippen molar-refractivity contribution in [3.63, 3.8) is 0 Å². The van der Waals surface area contributed by atoms with Gasteiger partial charge in [-0.25, -0.2) is 8.78 Å². The third-order valence-electron chi connectivity index (χ3n) is 7.32. The molecule has 0 aliphatic carbocycles. The van der Waals surface area contributed by atoms with Crippen LogP contribution >= 0.6 is 0 Å². The van der Waals surface area contributed by atoms with E-state index in [1.54, 1.807) is 4.57 Å². The van der Waals surface area contributed by atoms with Crippen molar-refractivity contribution in [2.75, 3.05) is 5.32 Å². The molecule has 11 heteroatoms. The number of carboxylic acid groups (broad SMARTS) is 2. The van der Waals surface area contributed by atoms with Crippen molar-refractivity contribution in [2.45, 2.75) is 57.8 Å². The average Bonchev–Trinajstić information content (AvgIpc) is 3.32. The van der Waals surface area contributed by atoms with E-state index >= 15 is 0 Å². The topological polar surface area (TPSA) is 155 Å². The van der Waals surface area contributed by atoms with Gasteiger partial charge in [0.1, 0.15) is 17.3 Å². The zero-order valence-corrected chi connectivity index (χ0v) is 24.6. The summed E-state index contributed by atoms with van der Waals surface area (Å²) in [6.45, 7) is 3.67. The Kier molecular flexibility index (Phi) is 10.5. The lowest BCUT2D eigenvalue weighted by atomic mass is 9.92.